The number of aliphatic carboxylic acids is 2. The Morgan fingerprint density at radius 3 is 2.33 bits per heavy atom. The summed E-state index contributed by atoms with van der Waals surface area (Å²) in [6.07, 6.45) is -6.02. The summed E-state index contributed by atoms with van der Waals surface area (Å²) < 4.78 is 21.4. The number of phenolic OH excluding ortho intramolecular Hbond substituents is 2. The molecule has 8 atom stereocenters. The normalized spacial score (nSPS) is 30.7. The van der Waals surface area contributed by atoms with Gasteiger partial charge < -0.3 is 54.7 Å². The number of carboxylic acids is 2. The van der Waals surface area contributed by atoms with Gasteiger partial charge in [0.05, 0.1) is 18.3 Å². The summed E-state index contributed by atoms with van der Waals surface area (Å²) in [4.78, 5) is 35.0. The van der Waals surface area contributed by atoms with Crippen LogP contribution in [0.1, 0.15) is 12.0 Å². The number of benzene rings is 1. The summed E-state index contributed by atoms with van der Waals surface area (Å²) in [7, 11) is 0. The van der Waals surface area contributed by atoms with E-state index >= 15 is 0 Å². The molecule has 1 fully saturated rings. The lowest BCUT2D eigenvalue weighted by atomic mass is 9.81. The molecular weight excluding hydrogens is 524 g/mol. The van der Waals surface area contributed by atoms with Gasteiger partial charge in [-0.15, -0.1) is 6.58 Å². The Kier molecular flexibility index (Phi) is 9.66. The molecular formula is C25H28O14. The van der Waals surface area contributed by atoms with Gasteiger partial charge in [-0.05, 0) is 23.8 Å². The van der Waals surface area contributed by atoms with Crippen LogP contribution in [0, 0.1) is 11.8 Å². The first kappa shape index (κ1) is 29.6. The fourth-order valence-electron chi connectivity index (χ4n) is 4.08. The zero-order chi connectivity index (χ0) is 28.9. The average Bonchev–Trinajstić information content (AvgIpc) is 2.88. The molecule has 0 aliphatic carbocycles. The molecule has 39 heavy (non-hydrogen) atoms. The van der Waals surface area contributed by atoms with Gasteiger partial charge >= 0.3 is 17.9 Å². The topological polar surface area (TPSA) is 230 Å². The molecule has 0 aromatic heterocycles. The van der Waals surface area contributed by atoms with Gasteiger partial charge in [0.1, 0.15) is 31.0 Å². The van der Waals surface area contributed by atoms with Gasteiger partial charge in [0, 0.05) is 17.9 Å². The highest BCUT2D eigenvalue weighted by Crippen LogP contribution is 2.36. The lowest BCUT2D eigenvalue weighted by Gasteiger charge is -2.43. The van der Waals surface area contributed by atoms with E-state index in [4.69, 9.17) is 18.9 Å². The third kappa shape index (κ3) is 7.13. The van der Waals surface area contributed by atoms with E-state index in [0.29, 0.717) is 5.56 Å². The average molecular weight is 552 g/mol. The van der Waals surface area contributed by atoms with Crippen molar-refractivity contribution in [2.24, 2.45) is 11.8 Å². The predicted molar refractivity (Wildman–Crippen MR) is 128 cm³/mol. The molecule has 0 bridgehead atoms. The van der Waals surface area contributed by atoms with Gasteiger partial charge in [0.2, 0.25) is 6.29 Å². The second-order valence-corrected chi connectivity index (χ2v) is 8.76. The zero-order valence-electron chi connectivity index (χ0n) is 20.3. The quantitative estimate of drug-likeness (QED) is 0.0855. The minimum atomic E-state index is -1.81. The van der Waals surface area contributed by atoms with E-state index in [9.17, 15) is 50.1 Å². The Labute approximate surface area is 221 Å². The number of esters is 1. The molecule has 1 aromatic carbocycles. The van der Waals surface area contributed by atoms with E-state index in [0.717, 1.165) is 12.3 Å². The first-order valence-corrected chi connectivity index (χ1v) is 11.6. The van der Waals surface area contributed by atoms with Crippen LogP contribution in [0.25, 0.3) is 6.08 Å². The van der Waals surface area contributed by atoms with E-state index < -0.39 is 85.5 Å². The maximum atomic E-state index is 12.1. The van der Waals surface area contributed by atoms with Crippen LogP contribution in [0.2, 0.25) is 0 Å². The van der Waals surface area contributed by atoms with Gasteiger partial charge in [-0.3, -0.25) is 4.79 Å². The fourth-order valence-corrected chi connectivity index (χ4v) is 4.08. The van der Waals surface area contributed by atoms with Crippen LogP contribution < -0.4 is 0 Å². The smallest absolute Gasteiger partial charge is 0.335 e. The Morgan fingerprint density at radius 1 is 1.00 bits per heavy atom. The Morgan fingerprint density at radius 2 is 1.72 bits per heavy atom. The zero-order valence-corrected chi connectivity index (χ0v) is 20.3. The van der Waals surface area contributed by atoms with E-state index in [2.05, 4.69) is 6.58 Å². The molecule has 14 heteroatoms. The molecule has 1 aromatic rings. The van der Waals surface area contributed by atoms with Crippen LogP contribution in [0.3, 0.4) is 0 Å². The summed E-state index contributed by atoms with van der Waals surface area (Å²) in [5, 5.41) is 68.5. The van der Waals surface area contributed by atoms with Gasteiger partial charge in [0.15, 0.2) is 17.8 Å². The number of hydrogen-bond donors (Lipinski definition) is 7. The third-order valence-electron chi connectivity index (χ3n) is 6.16. The van der Waals surface area contributed by atoms with Crippen LogP contribution in [-0.2, 0) is 33.3 Å². The predicted octanol–water partition coefficient (Wildman–Crippen LogP) is -0.304. The second kappa shape index (κ2) is 12.7. The number of ether oxygens (including phenoxy) is 4. The maximum Gasteiger partial charge on any atom is 0.335 e. The number of rotatable bonds is 10. The summed E-state index contributed by atoms with van der Waals surface area (Å²) in [5.41, 5.74) is 0.0387. The van der Waals surface area contributed by atoms with Crippen molar-refractivity contribution < 1.29 is 69.1 Å². The number of aromatic hydroxyl groups is 2. The first-order valence-electron chi connectivity index (χ1n) is 11.6. The molecule has 212 valence electrons. The lowest BCUT2D eigenvalue weighted by Crippen LogP contribution is -2.60. The van der Waals surface area contributed by atoms with Crippen molar-refractivity contribution in [3.8, 4) is 11.5 Å². The molecule has 0 amide bonds. The Bertz CT molecular complexity index is 1140. The van der Waals surface area contributed by atoms with Gasteiger partial charge in [-0.1, -0.05) is 12.1 Å². The van der Waals surface area contributed by atoms with E-state index in [-0.39, 0.29) is 11.3 Å². The van der Waals surface area contributed by atoms with Crippen molar-refractivity contribution in [1.82, 2.24) is 0 Å². The van der Waals surface area contributed by atoms with Crippen LogP contribution >= 0.6 is 0 Å². The number of carboxylic acid groups (broad SMARTS) is 2. The van der Waals surface area contributed by atoms with E-state index in [1.807, 2.05) is 0 Å². The Hall–Kier alpha value is -3.95. The van der Waals surface area contributed by atoms with Gasteiger partial charge in [0.25, 0.3) is 0 Å². The molecule has 0 unspecified atom stereocenters. The largest absolute Gasteiger partial charge is 0.504 e. The Balaban J connectivity index is 1.67. The maximum absolute atomic E-state index is 12.1. The summed E-state index contributed by atoms with van der Waals surface area (Å²) >= 11 is 0. The van der Waals surface area contributed by atoms with Gasteiger partial charge in [-0.2, -0.15) is 0 Å². The van der Waals surface area contributed by atoms with Crippen LogP contribution in [0.5, 0.6) is 11.5 Å². The molecule has 2 aliphatic rings. The van der Waals surface area contributed by atoms with Crippen molar-refractivity contribution >= 4 is 24.0 Å². The van der Waals surface area contributed by atoms with Crippen molar-refractivity contribution in [1.29, 1.82) is 0 Å². The van der Waals surface area contributed by atoms with Gasteiger partial charge in [-0.25, -0.2) is 9.59 Å². The molecule has 0 saturated carbocycles. The molecule has 3 rings (SSSR count). The van der Waals surface area contributed by atoms with Crippen LogP contribution in [0.15, 0.2) is 48.8 Å². The van der Waals surface area contributed by atoms with Crippen LogP contribution in [0.4, 0.5) is 0 Å². The highest BCUT2D eigenvalue weighted by molar-refractivity contribution is 5.88. The number of phenols is 2. The van der Waals surface area contributed by atoms with Crippen molar-refractivity contribution in [2.45, 2.75) is 43.4 Å². The van der Waals surface area contributed by atoms with Crippen LogP contribution in [-0.4, -0.2) is 97.3 Å². The van der Waals surface area contributed by atoms with E-state index in [1.54, 1.807) is 0 Å². The number of aliphatic hydroxyl groups excluding tert-OH is 3. The molecule has 2 aliphatic heterocycles. The number of aliphatic hydroxyl groups is 3. The molecule has 2 heterocycles. The summed E-state index contributed by atoms with van der Waals surface area (Å²) in [6, 6.07) is 3.84. The first-order chi connectivity index (χ1) is 18.4. The highest BCUT2D eigenvalue weighted by Gasteiger charge is 2.48. The fraction of sp³-hybridized carbons (Fsp3) is 0.400. The van der Waals surface area contributed by atoms with Crippen molar-refractivity contribution in [2.75, 3.05) is 6.61 Å². The van der Waals surface area contributed by atoms with Crippen molar-refractivity contribution in [3.63, 3.8) is 0 Å². The standard InChI is InChI=1S/C25H28O14/c1-2-12-13(8-18(28)29)14(23(34)35)9-37-24(12)39-25-22(33)21(32)20(31)17(38-25)10-36-19(30)6-4-11-3-5-15(26)16(27)7-11/h2-7,9,12-13,17,20-22,24-27,31-33H,1,8,10H2,(H,28,29)(H,34,35)/b6-4+/t12-,13+,17-,20-,21+,22-,24+,25+/m1/s1. The second-order valence-electron chi connectivity index (χ2n) is 8.76. The monoisotopic (exact) mass is 552 g/mol. The van der Waals surface area contributed by atoms with Crippen molar-refractivity contribution in [3.05, 3.63) is 54.3 Å². The number of carbonyl (C=O) groups excluding carboxylic acids is 1. The molecule has 14 nitrogen and oxygen atoms in total. The molecule has 7 N–H and O–H groups in total. The number of carbonyl (C=O) groups is 3. The molecule has 1 saturated heterocycles. The van der Waals surface area contributed by atoms with E-state index in [1.165, 1.54) is 30.4 Å². The lowest BCUT2D eigenvalue weighted by molar-refractivity contribution is -0.339. The highest BCUT2D eigenvalue weighted by atomic mass is 16.8. The minimum Gasteiger partial charge on any atom is -0.504 e. The molecule has 0 radical (unpaired) electrons. The summed E-state index contributed by atoms with van der Waals surface area (Å²) in [5.74, 6) is -6.44. The molecule has 0 spiro atoms. The number of hydrogen-bond acceptors (Lipinski definition) is 12. The minimum absolute atomic E-state index is 0.330. The third-order valence-corrected chi connectivity index (χ3v) is 6.16. The SMILES string of the molecule is C=C[C@H]1[C@H](O[C@@H]2O[C@H](COC(=O)/C=C/c3ccc(O)c(O)c3)[C@@H](O)[C@H](O)[C@H]2O)OC=C(C(=O)O)[C@H]1CC(=O)O. The summed E-state index contributed by atoms with van der Waals surface area (Å²) in [6.45, 7) is 2.99.